The molecule has 2 aliphatic rings. The summed E-state index contributed by atoms with van der Waals surface area (Å²) in [6.07, 6.45) is 4.77. The van der Waals surface area contributed by atoms with E-state index in [1.54, 1.807) is 30.5 Å². The van der Waals surface area contributed by atoms with Gasteiger partial charge < -0.3 is 19.5 Å². The summed E-state index contributed by atoms with van der Waals surface area (Å²) in [5, 5.41) is 3.96. The van der Waals surface area contributed by atoms with Gasteiger partial charge in [-0.1, -0.05) is 32.9 Å². The van der Waals surface area contributed by atoms with Crippen molar-refractivity contribution in [1.82, 2.24) is 15.0 Å². The van der Waals surface area contributed by atoms with Crippen LogP contribution in [-0.4, -0.2) is 58.0 Å². The van der Waals surface area contributed by atoms with Crippen molar-refractivity contribution in [2.24, 2.45) is 5.92 Å². The fourth-order valence-corrected chi connectivity index (χ4v) is 6.98. The number of carbonyl (C=O) groups excluding carboxylic acids is 1. The van der Waals surface area contributed by atoms with Crippen LogP contribution in [0.25, 0.3) is 10.4 Å². The Morgan fingerprint density at radius 1 is 1.22 bits per heavy atom. The summed E-state index contributed by atoms with van der Waals surface area (Å²) in [6.45, 7) is 8.15. The lowest BCUT2D eigenvalue weighted by atomic mass is 9.86. The minimum atomic E-state index is -3.68. The van der Waals surface area contributed by atoms with E-state index in [0.717, 1.165) is 41.1 Å². The lowest BCUT2D eigenvalue weighted by molar-refractivity contribution is -0.0985. The molecule has 204 valence electrons. The predicted molar refractivity (Wildman–Crippen MR) is 142 cm³/mol. The summed E-state index contributed by atoms with van der Waals surface area (Å²) in [5.41, 5.74) is 1.47. The van der Waals surface area contributed by atoms with Gasteiger partial charge in [-0.3, -0.25) is 0 Å². The summed E-state index contributed by atoms with van der Waals surface area (Å²) in [7, 11) is -3.68. The largest absolute Gasteiger partial charge is 0.441 e. The van der Waals surface area contributed by atoms with Gasteiger partial charge in [0, 0.05) is 36.9 Å². The normalized spacial score (nSPS) is 20.5. The molecule has 1 aromatic heterocycles. The average molecular weight is 552 g/mol. The Hall–Kier alpha value is -2.05. The fraction of sp³-hybridized carbons (Fsp3) is 0.615. The standard InChI is InChI=1S/C26H37N3O6S2/c1-4-28-37(31,32)24-11-18(14-33-13-17(2)3)5-10-22(24)23-12-27-25(36-23)19-6-8-20(9-7-19)29-26(30)35-21-15-34-16-21/h5,10-12,17,19-21,28H,4,6-9,13-16H2,1-3H3,(H,29,30)/t19-,20-. The van der Waals surface area contributed by atoms with E-state index in [-0.39, 0.29) is 29.1 Å². The van der Waals surface area contributed by atoms with Crippen molar-refractivity contribution in [3.05, 3.63) is 35.0 Å². The lowest BCUT2D eigenvalue weighted by Crippen LogP contribution is -2.44. The van der Waals surface area contributed by atoms with Gasteiger partial charge in [0.05, 0.1) is 34.6 Å². The first-order valence-corrected chi connectivity index (χ1v) is 15.3. The Labute approximate surface area is 223 Å². The average Bonchev–Trinajstić information content (AvgIpc) is 3.32. The smallest absolute Gasteiger partial charge is 0.407 e. The monoisotopic (exact) mass is 551 g/mol. The molecule has 1 aliphatic carbocycles. The maximum atomic E-state index is 13.1. The van der Waals surface area contributed by atoms with Crippen LogP contribution >= 0.6 is 11.3 Å². The summed E-state index contributed by atoms with van der Waals surface area (Å²) < 4.78 is 44.8. The highest BCUT2D eigenvalue weighted by molar-refractivity contribution is 7.89. The highest BCUT2D eigenvalue weighted by Crippen LogP contribution is 2.39. The Balaban J connectivity index is 1.43. The number of benzene rings is 1. The number of sulfonamides is 1. The SMILES string of the molecule is CCNS(=O)(=O)c1cc(COCC(C)C)ccc1-c1cnc([C@H]2CC[C@H](NC(=O)OC3COC3)CC2)s1. The molecule has 0 unspecified atom stereocenters. The number of ether oxygens (including phenoxy) is 3. The molecule has 1 saturated carbocycles. The van der Waals surface area contributed by atoms with Crippen LogP contribution in [0.3, 0.4) is 0 Å². The number of amides is 1. The van der Waals surface area contributed by atoms with Gasteiger partial charge in [0.2, 0.25) is 10.0 Å². The molecule has 2 fully saturated rings. The van der Waals surface area contributed by atoms with Crippen molar-refractivity contribution >= 4 is 27.5 Å². The molecule has 2 aromatic rings. The van der Waals surface area contributed by atoms with Gasteiger partial charge in [0.1, 0.15) is 0 Å². The zero-order valence-electron chi connectivity index (χ0n) is 21.7. The predicted octanol–water partition coefficient (Wildman–Crippen LogP) is 4.43. The molecule has 1 saturated heterocycles. The van der Waals surface area contributed by atoms with E-state index in [9.17, 15) is 13.2 Å². The first-order valence-electron chi connectivity index (χ1n) is 13.0. The van der Waals surface area contributed by atoms with Crippen LogP contribution in [0.2, 0.25) is 0 Å². The van der Waals surface area contributed by atoms with E-state index in [2.05, 4.69) is 28.9 Å². The van der Waals surface area contributed by atoms with Gasteiger partial charge in [-0.25, -0.2) is 22.9 Å². The number of thiazole rings is 1. The van der Waals surface area contributed by atoms with E-state index in [1.165, 1.54) is 0 Å². The Bertz CT molecular complexity index is 1150. The molecule has 11 heteroatoms. The molecule has 0 bridgehead atoms. The van der Waals surface area contributed by atoms with E-state index in [4.69, 9.17) is 14.2 Å². The maximum absolute atomic E-state index is 13.1. The highest BCUT2D eigenvalue weighted by atomic mass is 32.2. The lowest BCUT2D eigenvalue weighted by Gasteiger charge is -2.30. The van der Waals surface area contributed by atoms with Crippen LogP contribution in [0.15, 0.2) is 29.3 Å². The Morgan fingerprint density at radius 3 is 2.62 bits per heavy atom. The van der Waals surface area contributed by atoms with Crippen molar-refractivity contribution in [2.45, 2.75) is 76.0 Å². The summed E-state index contributed by atoms with van der Waals surface area (Å²) in [4.78, 5) is 17.8. The fourth-order valence-electron chi connectivity index (χ4n) is 4.48. The van der Waals surface area contributed by atoms with E-state index < -0.39 is 10.0 Å². The maximum Gasteiger partial charge on any atom is 0.407 e. The molecule has 0 atom stereocenters. The third-order valence-corrected chi connectivity index (χ3v) is 9.24. The minimum absolute atomic E-state index is 0.0894. The molecule has 4 rings (SSSR count). The van der Waals surface area contributed by atoms with Gasteiger partial charge in [-0.2, -0.15) is 0 Å². The third-order valence-electron chi connectivity index (χ3n) is 6.46. The molecule has 37 heavy (non-hydrogen) atoms. The molecule has 0 radical (unpaired) electrons. The molecule has 1 aromatic carbocycles. The number of hydrogen-bond donors (Lipinski definition) is 2. The number of alkyl carbamates (subject to hydrolysis) is 1. The van der Waals surface area contributed by atoms with Crippen molar-refractivity contribution < 1.29 is 27.4 Å². The number of nitrogens with one attached hydrogen (secondary N) is 2. The number of aromatic nitrogens is 1. The second-order valence-electron chi connectivity index (χ2n) is 10.1. The third kappa shape index (κ3) is 7.51. The number of rotatable bonds is 11. The number of carbonyl (C=O) groups is 1. The van der Waals surface area contributed by atoms with Gasteiger partial charge in [0.25, 0.3) is 0 Å². The van der Waals surface area contributed by atoms with Crippen LogP contribution in [0.5, 0.6) is 0 Å². The van der Waals surface area contributed by atoms with E-state index >= 15 is 0 Å². The van der Waals surface area contributed by atoms with Crippen molar-refractivity contribution in [2.75, 3.05) is 26.4 Å². The zero-order chi connectivity index (χ0) is 26.4. The van der Waals surface area contributed by atoms with Crippen LogP contribution in [0, 0.1) is 5.92 Å². The number of nitrogens with zero attached hydrogens (tertiary/aromatic N) is 1. The highest BCUT2D eigenvalue weighted by Gasteiger charge is 2.29. The van der Waals surface area contributed by atoms with Gasteiger partial charge in [-0.05, 0) is 43.2 Å². The molecule has 2 heterocycles. The second-order valence-corrected chi connectivity index (χ2v) is 12.9. The van der Waals surface area contributed by atoms with Gasteiger partial charge >= 0.3 is 6.09 Å². The molecular formula is C26H37N3O6S2. The Morgan fingerprint density at radius 2 is 1.97 bits per heavy atom. The molecule has 2 N–H and O–H groups in total. The van der Waals surface area contributed by atoms with Crippen molar-refractivity contribution in [3.8, 4) is 10.4 Å². The van der Waals surface area contributed by atoms with Crippen LogP contribution in [0.1, 0.15) is 62.9 Å². The van der Waals surface area contributed by atoms with Crippen LogP contribution < -0.4 is 10.0 Å². The number of hydrogen-bond acceptors (Lipinski definition) is 8. The summed E-state index contributed by atoms with van der Waals surface area (Å²) in [5.74, 6) is 0.687. The first-order chi connectivity index (χ1) is 17.7. The van der Waals surface area contributed by atoms with Gasteiger partial charge in [-0.15, -0.1) is 11.3 Å². The van der Waals surface area contributed by atoms with Crippen molar-refractivity contribution in [3.63, 3.8) is 0 Å². The van der Waals surface area contributed by atoms with Gasteiger partial charge in [0.15, 0.2) is 6.10 Å². The van der Waals surface area contributed by atoms with Crippen LogP contribution in [-0.2, 0) is 30.8 Å². The van der Waals surface area contributed by atoms with Crippen molar-refractivity contribution in [1.29, 1.82) is 0 Å². The molecule has 1 amide bonds. The topological polar surface area (TPSA) is 116 Å². The second kappa shape index (κ2) is 12.7. The molecule has 9 nitrogen and oxygen atoms in total. The first kappa shape index (κ1) is 28.0. The zero-order valence-corrected chi connectivity index (χ0v) is 23.3. The quantitative estimate of drug-likeness (QED) is 0.424. The van der Waals surface area contributed by atoms with E-state index in [0.29, 0.717) is 44.5 Å². The molecular weight excluding hydrogens is 514 g/mol. The summed E-state index contributed by atoms with van der Waals surface area (Å²) >= 11 is 1.54. The molecule has 1 aliphatic heterocycles. The van der Waals surface area contributed by atoms with E-state index in [1.807, 2.05) is 12.1 Å². The van der Waals surface area contributed by atoms with Crippen LogP contribution in [0.4, 0.5) is 4.79 Å². The summed E-state index contributed by atoms with van der Waals surface area (Å²) in [6, 6.07) is 5.58. The Kier molecular flexibility index (Phi) is 9.57. The minimum Gasteiger partial charge on any atom is -0.441 e. The molecule has 0 spiro atoms.